The Morgan fingerprint density at radius 3 is 1.02 bits per heavy atom. The maximum absolute atomic E-state index is 14.7. The summed E-state index contributed by atoms with van der Waals surface area (Å²) in [6.45, 7) is 0.641. The molecule has 0 aliphatic heterocycles. The lowest BCUT2D eigenvalue weighted by Gasteiger charge is -2.18. The van der Waals surface area contributed by atoms with Crippen LogP contribution in [0.3, 0.4) is 0 Å². The molecule has 0 bridgehead atoms. The molecule has 18 N–H and O–H groups in total. The number of benzene rings is 6. The van der Waals surface area contributed by atoms with Crippen LogP contribution in [0, 0.1) is 40.7 Å². The zero-order chi connectivity index (χ0) is 89.4. The highest BCUT2D eigenvalue weighted by Crippen LogP contribution is 2.39. The molecule has 10 heterocycles. The minimum Gasteiger partial charge on any atom is -0.453 e. The Kier molecular flexibility index (Phi) is 25.1. The SMILES string of the molecule is COC(=O)N(C)c1c(N)nc(-c2nn(Cc3ccccc3F)c3cc(F)ccc23)nc1N.COC(=O)N(C)c1c(N)nc(-c2nn(Cc3cccnc3)c3c(F)cc(F)cc23)nc1N.COC(=O)Nc1c(N)nc(-c2nn(Cc3ccccc3F)c3cc(F)ccc23)nc1N.COC(=O)Nc1c(N)nc(-c2nn(Cc3cccnc3)c3cc(F)ccc23)nc1N. The van der Waals surface area contributed by atoms with E-state index in [1.165, 1.54) is 117 Å². The first kappa shape index (κ1) is 85.7. The number of methoxy groups -OCH3 is 4. The Morgan fingerprint density at radius 1 is 0.360 bits per heavy atom. The number of fused-ring (bicyclic) bond motifs is 4. The summed E-state index contributed by atoms with van der Waals surface area (Å²) in [4.78, 5) is 90.5. The fourth-order valence-electron chi connectivity index (χ4n) is 12.8. The number of nitrogens with two attached hydrogens (primary N) is 8. The van der Waals surface area contributed by atoms with Gasteiger partial charge < -0.3 is 64.8 Å². The molecule has 16 rings (SSSR count). The van der Waals surface area contributed by atoms with E-state index in [1.807, 2.05) is 6.07 Å². The lowest BCUT2D eigenvalue weighted by Crippen LogP contribution is -2.28. The summed E-state index contributed by atoms with van der Waals surface area (Å²) in [6.07, 6.45) is 3.61. The quantitative estimate of drug-likeness (QED) is 0.0317. The van der Waals surface area contributed by atoms with E-state index in [2.05, 4.69) is 99.8 Å². The van der Waals surface area contributed by atoms with Gasteiger partial charge in [-0.15, -0.1) is 0 Å². The van der Waals surface area contributed by atoms with Crippen LogP contribution in [0.2, 0.25) is 0 Å². The van der Waals surface area contributed by atoms with Crippen LogP contribution in [0.15, 0.2) is 164 Å². The normalized spacial score (nSPS) is 11.0. The lowest BCUT2D eigenvalue weighted by molar-refractivity contribution is 0.179. The second-order valence-electron chi connectivity index (χ2n) is 26.7. The number of amides is 4. The Morgan fingerprint density at radius 2 is 0.688 bits per heavy atom. The molecule has 0 saturated carbocycles. The van der Waals surface area contributed by atoms with E-state index in [0.29, 0.717) is 56.1 Å². The van der Waals surface area contributed by atoms with E-state index in [9.17, 15) is 49.9 Å². The van der Waals surface area contributed by atoms with E-state index in [4.69, 9.17) is 45.9 Å². The van der Waals surface area contributed by atoms with Crippen LogP contribution < -0.4 is 66.3 Å². The maximum Gasteiger partial charge on any atom is 0.413 e. The van der Waals surface area contributed by atoms with Crippen molar-refractivity contribution in [2.24, 2.45) is 0 Å². The third kappa shape index (κ3) is 18.5. The maximum atomic E-state index is 14.7. The molecule has 45 heteroatoms. The number of hydrogen-bond acceptors (Lipinski definition) is 30. The number of hydrogen-bond donors (Lipinski definition) is 10. The molecule has 638 valence electrons. The van der Waals surface area contributed by atoms with Gasteiger partial charge in [-0.05, 0) is 96.1 Å². The Balaban J connectivity index is 0.000000143. The first-order chi connectivity index (χ1) is 59.9. The van der Waals surface area contributed by atoms with Crippen molar-refractivity contribution < 1.29 is 68.9 Å². The largest absolute Gasteiger partial charge is 0.453 e. The first-order valence-electron chi connectivity index (χ1n) is 36.6. The molecule has 16 aromatic rings. The van der Waals surface area contributed by atoms with Crippen molar-refractivity contribution in [1.82, 2.24) is 89.0 Å². The van der Waals surface area contributed by atoms with Gasteiger partial charge in [0.15, 0.2) is 75.7 Å². The first-order valence-corrected chi connectivity index (χ1v) is 36.6. The van der Waals surface area contributed by atoms with Crippen LogP contribution in [0.5, 0.6) is 0 Å². The van der Waals surface area contributed by atoms with Crippen molar-refractivity contribution >= 4 is 137 Å². The molecule has 0 aliphatic rings. The van der Waals surface area contributed by atoms with E-state index >= 15 is 0 Å². The Labute approximate surface area is 700 Å². The molecule has 0 aliphatic carbocycles. The highest BCUT2D eigenvalue weighted by molar-refractivity contribution is 6.01. The average molecular weight is 1710 g/mol. The number of aromatic nitrogens is 18. The number of carbonyl (C=O) groups excluding carboxylic acids is 4. The molecule has 0 atom stereocenters. The molecule has 4 amide bonds. The standard InChI is InChI=1S/C21H19F2N7O2.C20H18F2N8O2.C20H17F2N7O2.C19H17FN8O2/c1-29(21(31)32-2)17-18(24)26-20(27-19(17)25)16-13-8-7-12(22)9-15(13)30(28-16)10-11-5-3-4-6-14(11)23;1-29(20(31)32-2)16-17(23)26-19(27-18(16)24)14-12-6-11(21)7-13(22)15(12)30(28-14)9-10-4-3-5-25-8-10;1-31-20(30)25-16-17(23)26-19(27-18(16)24)15-12-7-6-11(21)8-14(12)29(28-15)9-10-4-2-3-5-13(10)22;1-30-19(29)24-15-16(21)25-18(26-17(15)22)14-12-5-4-11(20)7-13(12)28(27-14)9-10-3-2-6-23-8-10/h3-9H,10H2,1-2H3,(H4,24,25,26,27);3-8H,9H2,1-2H3,(H4,23,24,26,27);2-8H,9H2,1H3,(H,25,30)(H4,23,24,26,27);2-8H,9H2,1H3,(H,24,29)(H4,21,22,25,26). The van der Waals surface area contributed by atoms with Crippen molar-refractivity contribution in [2.75, 3.05) is 109 Å². The smallest absolute Gasteiger partial charge is 0.413 e. The number of rotatable bonds is 16. The highest BCUT2D eigenvalue weighted by Gasteiger charge is 2.29. The van der Waals surface area contributed by atoms with Gasteiger partial charge in [-0.1, -0.05) is 48.5 Å². The third-order valence-electron chi connectivity index (χ3n) is 18.6. The molecule has 38 nitrogen and oxygen atoms in total. The number of carbonyl (C=O) groups is 4. The van der Waals surface area contributed by atoms with Crippen LogP contribution in [-0.4, -0.2) is 156 Å². The number of ether oxygens (including phenoxy) is 4. The van der Waals surface area contributed by atoms with Crippen molar-refractivity contribution in [3.05, 3.63) is 227 Å². The van der Waals surface area contributed by atoms with Gasteiger partial charge in [0.1, 0.15) is 85.9 Å². The number of nitrogens with one attached hydrogen (secondary N) is 2. The molecule has 125 heavy (non-hydrogen) atoms. The summed E-state index contributed by atoms with van der Waals surface area (Å²) in [5.74, 6) is -4.27. The molecule has 6 aromatic carbocycles. The predicted molar refractivity (Wildman–Crippen MR) is 449 cm³/mol. The summed E-state index contributed by atoms with van der Waals surface area (Å²) < 4.78 is 123. The van der Waals surface area contributed by atoms with Gasteiger partial charge in [-0.3, -0.25) is 49.1 Å². The van der Waals surface area contributed by atoms with Gasteiger partial charge in [0, 0.05) is 77.6 Å². The van der Waals surface area contributed by atoms with Crippen LogP contribution in [0.25, 0.3) is 89.7 Å². The number of nitrogen functional groups attached to an aromatic ring is 8. The Hall–Kier alpha value is -17.2. The van der Waals surface area contributed by atoms with E-state index in [0.717, 1.165) is 33.1 Å². The van der Waals surface area contributed by atoms with Gasteiger partial charge in [-0.2, -0.15) is 20.4 Å². The molecule has 0 fully saturated rings. The molecule has 10 aromatic heterocycles. The number of nitrogens with zero attached hydrogens (tertiary/aromatic N) is 20. The molecule has 0 saturated heterocycles. The number of pyridine rings is 2. The fourth-order valence-corrected chi connectivity index (χ4v) is 12.8. The second-order valence-corrected chi connectivity index (χ2v) is 26.7. The summed E-state index contributed by atoms with van der Waals surface area (Å²) in [5, 5.41) is 24.4. The minimum atomic E-state index is -0.800. The van der Waals surface area contributed by atoms with Gasteiger partial charge in [0.2, 0.25) is 0 Å². The van der Waals surface area contributed by atoms with Crippen molar-refractivity contribution in [3.8, 4) is 46.1 Å². The van der Waals surface area contributed by atoms with Crippen LogP contribution >= 0.6 is 0 Å². The van der Waals surface area contributed by atoms with Crippen molar-refractivity contribution in [2.45, 2.75) is 26.2 Å². The summed E-state index contributed by atoms with van der Waals surface area (Å²) in [6, 6.07) is 34.0. The zero-order valence-corrected chi connectivity index (χ0v) is 66.4. The zero-order valence-electron chi connectivity index (χ0n) is 66.4. The number of anilines is 12. The molecule has 0 radical (unpaired) electrons. The minimum absolute atomic E-state index is 0.00302. The van der Waals surface area contributed by atoms with E-state index in [1.54, 1.807) is 90.1 Å². The second kappa shape index (κ2) is 36.6. The van der Waals surface area contributed by atoms with Crippen LogP contribution in [0.4, 0.5) is 119 Å². The predicted octanol–water partition coefficient (Wildman–Crippen LogP) is 11.3. The average Bonchev–Trinajstić information content (AvgIpc) is 1.64. The summed E-state index contributed by atoms with van der Waals surface area (Å²) >= 11 is 0. The van der Waals surface area contributed by atoms with Crippen LogP contribution in [0.1, 0.15) is 22.3 Å². The highest BCUT2D eigenvalue weighted by atomic mass is 19.2. The van der Waals surface area contributed by atoms with Gasteiger partial charge in [0.25, 0.3) is 0 Å². The van der Waals surface area contributed by atoms with Gasteiger partial charge in [0.05, 0.1) is 71.2 Å². The van der Waals surface area contributed by atoms with E-state index in [-0.39, 0.29) is 140 Å². The van der Waals surface area contributed by atoms with Gasteiger partial charge in [-0.25, -0.2) is 89.8 Å². The molecule has 0 unspecified atom stereocenters. The van der Waals surface area contributed by atoms with Crippen LogP contribution in [-0.2, 0) is 45.1 Å². The lowest BCUT2D eigenvalue weighted by atomic mass is 10.2. The molecular formula is C80H71F7N30O8. The van der Waals surface area contributed by atoms with E-state index < -0.39 is 65.1 Å². The molecular weight excluding hydrogens is 1640 g/mol. The number of halogens is 7. The van der Waals surface area contributed by atoms with Crippen molar-refractivity contribution in [1.29, 1.82) is 0 Å². The summed E-state index contributed by atoms with van der Waals surface area (Å²) in [5.41, 5.74) is 52.9. The van der Waals surface area contributed by atoms with Gasteiger partial charge >= 0.3 is 24.4 Å². The van der Waals surface area contributed by atoms with Crippen molar-refractivity contribution in [3.63, 3.8) is 0 Å². The fraction of sp³-hybridized carbons (Fsp3) is 0.125. The Bertz CT molecular complexity index is 6730. The molecule has 0 spiro atoms. The third-order valence-corrected chi connectivity index (χ3v) is 18.6. The monoisotopic (exact) mass is 1710 g/mol. The topological polar surface area (TPSA) is 544 Å². The summed E-state index contributed by atoms with van der Waals surface area (Å²) in [7, 11) is 7.61.